The molecule has 1 aromatic rings. The van der Waals surface area contributed by atoms with Gasteiger partial charge < -0.3 is 30.3 Å². The Hall–Kier alpha value is -2.32. The average molecular weight is 407 g/mol. The van der Waals surface area contributed by atoms with Crippen LogP contribution in [-0.2, 0) is 4.74 Å². The molecule has 162 valence electrons. The molecule has 0 aliphatic carbocycles. The Morgan fingerprint density at radius 2 is 2.07 bits per heavy atom. The lowest BCUT2D eigenvalue weighted by atomic mass is 10.0. The fourth-order valence-corrected chi connectivity index (χ4v) is 3.16. The monoisotopic (exact) mass is 406 g/mol. The lowest BCUT2D eigenvalue weighted by Crippen LogP contribution is -2.44. The maximum absolute atomic E-state index is 13.1. The van der Waals surface area contributed by atoms with Crippen LogP contribution < -0.4 is 20.7 Å². The van der Waals surface area contributed by atoms with E-state index in [9.17, 15) is 9.59 Å². The summed E-state index contributed by atoms with van der Waals surface area (Å²) in [7, 11) is 3.43. The smallest absolute Gasteiger partial charge is 0.319 e. The zero-order chi connectivity index (χ0) is 21.6. The number of nitrogens with zero attached hydrogens (tertiary/aromatic N) is 1. The van der Waals surface area contributed by atoms with Crippen LogP contribution in [-0.4, -0.2) is 68.9 Å². The van der Waals surface area contributed by atoms with E-state index >= 15 is 0 Å². The second kappa shape index (κ2) is 10.5. The second-order valence-electron chi connectivity index (χ2n) is 8.02. The molecule has 0 bridgehead atoms. The molecule has 0 radical (unpaired) electrons. The van der Waals surface area contributed by atoms with Gasteiger partial charge in [0.2, 0.25) is 0 Å². The van der Waals surface area contributed by atoms with E-state index in [0.29, 0.717) is 30.2 Å². The average Bonchev–Trinajstić information content (AvgIpc) is 2.66. The number of urea groups is 1. The Bertz CT molecular complexity index is 710. The lowest BCUT2D eigenvalue weighted by Gasteiger charge is -2.30. The first kappa shape index (κ1) is 23.0. The highest BCUT2D eigenvalue weighted by molar-refractivity contribution is 5.98. The van der Waals surface area contributed by atoms with Crippen molar-refractivity contribution in [3.8, 4) is 5.75 Å². The third kappa shape index (κ3) is 6.61. The van der Waals surface area contributed by atoms with Crippen LogP contribution in [0.5, 0.6) is 5.75 Å². The van der Waals surface area contributed by atoms with Gasteiger partial charge in [-0.15, -0.1) is 0 Å². The van der Waals surface area contributed by atoms with Gasteiger partial charge in [0, 0.05) is 51.1 Å². The number of benzene rings is 1. The quantitative estimate of drug-likeness (QED) is 0.716. The SMILES string of the molecule is CO[C@H]1CN(C)C(=O)c2ccc(NC(=O)NC(C)C)cc2OC[C@H](C)NC[C@@H]1C. The molecule has 3 amide bonds. The summed E-state index contributed by atoms with van der Waals surface area (Å²) in [5.74, 6) is 0.539. The van der Waals surface area contributed by atoms with Crippen LogP contribution in [0.3, 0.4) is 0 Å². The minimum absolute atomic E-state index is 0.0220. The molecule has 0 fully saturated rings. The van der Waals surface area contributed by atoms with Gasteiger partial charge in [-0.05, 0) is 38.8 Å². The van der Waals surface area contributed by atoms with Crippen molar-refractivity contribution >= 4 is 17.6 Å². The number of hydrogen-bond acceptors (Lipinski definition) is 5. The van der Waals surface area contributed by atoms with Gasteiger partial charge in [-0.25, -0.2) is 4.79 Å². The molecule has 8 heteroatoms. The zero-order valence-electron chi connectivity index (χ0n) is 18.2. The number of fused-ring (bicyclic) bond motifs is 1. The highest BCUT2D eigenvalue weighted by Gasteiger charge is 2.25. The van der Waals surface area contributed by atoms with Gasteiger partial charge in [0.25, 0.3) is 5.91 Å². The minimum atomic E-state index is -0.302. The minimum Gasteiger partial charge on any atom is -0.491 e. The Labute approximate surface area is 173 Å². The summed E-state index contributed by atoms with van der Waals surface area (Å²) in [5.41, 5.74) is 1.02. The first-order valence-electron chi connectivity index (χ1n) is 10.1. The topological polar surface area (TPSA) is 91.9 Å². The summed E-state index contributed by atoms with van der Waals surface area (Å²) in [6.45, 7) is 9.54. The maximum Gasteiger partial charge on any atom is 0.319 e. The second-order valence-corrected chi connectivity index (χ2v) is 8.02. The molecule has 29 heavy (non-hydrogen) atoms. The van der Waals surface area contributed by atoms with Gasteiger partial charge in [-0.1, -0.05) is 6.92 Å². The Morgan fingerprint density at radius 1 is 1.34 bits per heavy atom. The summed E-state index contributed by atoms with van der Waals surface area (Å²) >= 11 is 0. The van der Waals surface area contributed by atoms with Crippen molar-refractivity contribution in [1.82, 2.24) is 15.5 Å². The molecule has 3 atom stereocenters. The molecule has 1 aliphatic heterocycles. The fraction of sp³-hybridized carbons (Fsp3) is 0.619. The van der Waals surface area contributed by atoms with Crippen molar-refractivity contribution in [2.45, 2.75) is 45.9 Å². The summed E-state index contributed by atoms with van der Waals surface area (Å²) < 4.78 is 11.6. The van der Waals surface area contributed by atoms with Crippen molar-refractivity contribution < 1.29 is 19.1 Å². The third-order valence-electron chi connectivity index (χ3n) is 4.90. The van der Waals surface area contributed by atoms with Gasteiger partial charge in [-0.3, -0.25) is 4.79 Å². The van der Waals surface area contributed by atoms with Gasteiger partial charge >= 0.3 is 6.03 Å². The van der Waals surface area contributed by atoms with Gasteiger partial charge in [0.1, 0.15) is 12.4 Å². The number of carbonyl (C=O) groups is 2. The van der Waals surface area contributed by atoms with Crippen LogP contribution >= 0.6 is 0 Å². The lowest BCUT2D eigenvalue weighted by molar-refractivity contribution is 0.0281. The first-order chi connectivity index (χ1) is 13.7. The van der Waals surface area contributed by atoms with E-state index < -0.39 is 0 Å². The Morgan fingerprint density at radius 3 is 2.72 bits per heavy atom. The van der Waals surface area contributed by atoms with Crippen molar-refractivity contribution in [2.24, 2.45) is 5.92 Å². The molecule has 0 spiro atoms. The van der Waals surface area contributed by atoms with E-state index in [1.807, 2.05) is 20.8 Å². The number of nitrogens with one attached hydrogen (secondary N) is 3. The predicted molar refractivity (Wildman–Crippen MR) is 114 cm³/mol. The number of ether oxygens (including phenoxy) is 2. The number of anilines is 1. The maximum atomic E-state index is 13.1. The van der Waals surface area contributed by atoms with Crippen LogP contribution in [0.1, 0.15) is 38.1 Å². The molecule has 3 N–H and O–H groups in total. The van der Waals surface area contributed by atoms with Crippen LogP contribution in [0.4, 0.5) is 10.5 Å². The largest absolute Gasteiger partial charge is 0.491 e. The third-order valence-corrected chi connectivity index (χ3v) is 4.90. The molecular weight excluding hydrogens is 372 g/mol. The molecule has 0 saturated carbocycles. The summed E-state index contributed by atoms with van der Waals surface area (Å²) in [6.07, 6.45) is -0.0758. The molecule has 0 saturated heterocycles. The Kier molecular flexibility index (Phi) is 8.28. The number of likely N-dealkylation sites (N-methyl/N-ethyl adjacent to an activating group) is 1. The van der Waals surface area contributed by atoms with E-state index in [1.165, 1.54) is 0 Å². The summed E-state index contributed by atoms with van der Waals surface area (Å²) in [5, 5.41) is 9.01. The zero-order valence-corrected chi connectivity index (χ0v) is 18.2. The van der Waals surface area contributed by atoms with Crippen molar-refractivity contribution in [3.05, 3.63) is 23.8 Å². The fourth-order valence-electron chi connectivity index (χ4n) is 3.16. The first-order valence-corrected chi connectivity index (χ1v) is 10.1. The predicted octanol–water partition coefficient (Wildman–Crippen LogP) is 2.31. The van der Waals surface area contributed by atoms with Crippen molar-refractivity contribution in [1.29, 1.82) is 0 Å². The Balaban J connectivity index is 2.29. The van der Waals surface area contributed by atoms with Crippen molar-refractivity contribution in [3.63, 3.8) is 0 Å². The highest BCUT2D eigenvalue weighted by atomic mass is 16.5. The highest BCUT2D eigenvalue weighted by Crippen LogP contribution is 2.26. The van der Waals surface area contributed by atoms with Gasteiger partial charge in [-0.2, -0.15) is 0 Å². The van der Waals surface area contributed by atoms with Crippen LogP contribution in [0, 0.1) is 5.92 Å². The molecule has 1 aromatic carbocycles. The molecule has 0 unspecified atom stereocenters. The van der Waals surface area contributed by atoms with E-state index in [0.717, 1.165) is 6.54 Å². The van der Waals surface area contributed by atoms with Gasteiger partial charge in [0.15, 0.2) is 0 Å². The van der Waals surface area contributed by atoms with Crippen LogP contribution in [0.2, 0.25) is 0 Å². The molecule has 2 rings (SSSR count). The molecule has 1 aliphatic rings. The van der Waals surface area contributed by atoms with Crippen LogP contribution in [0.25, 0.3) is 0 Å². The number of carbonyl (C=O) groups excluding carboxylic acids is 2. The van der Waals surface area contributed by atoms with E-state index in [2.05, 4.69) is 22.9 Å². The number of methoxy groups -OCH3 is 1. The summed E-state index contributed by atoms with van der Waals surface area (Å²) in [6, 6.07) is 4.90. The summed E-state index contributed by atoms with van der Waals surface area (Å²) in [4.78, 5) is 26.7. The molecule has 0 aromatic heterocycles. The molecule has 1 heterocycles. The van der Waals surface area contributed by atoms with Crippen LogP contribution in [0.15, 0.2) is 18.2 Å². The van der Waals surface area contributed by atoms with Crippen molar-refractivity contribution in [2.75, 3.05) is 39.2 Å². The number of amides is 3. The van der Waals surface area contributed by atoms with E-state index in [4.69, 9.17) is 9.47 Å². The number of hydrogen-bond donors (Lipinski definition) is 3. The van der Waals surface area contributed by atoms with E-state index in [-0.39, 0.29) is 36.0 Å². The normalized spacial score (nSPS) is 23.5. The molecule has 8 nitrogen and oxygen atoms in total. The number of rotatable bonds is 3. The standard InChI is InChI=1S/C21H34N4O4/c1-13(2)23-21(27)24-16-7-8-17-18(9-16)29-12-15(4)22-10-14(3)19(28-6)11-25(5)20(17)26/h7-9,13-15,19,22H,10-12H2,1-6H3,(H2,23,24,27)/t14-,15-,19-/m0/s1. The van der Waals surface area contributed by atoms with E-state index in [1.54, 1.807) is 37.3 Å². The molecular formula is C21H34N4O4. The van der Waals surface area contributed by atoms with Gasteiger partial charge in [0.05, 0.1) is 11.7 Å².